The zero-order valence-corrected chi connectivity index (χ0v) is 12.4. The molecule has 0 spiro atoms. The first kappa shape index (κ1) is 15.3. The number of aliphatic hydroxyl groups excluding tert-OH is 1. The molecule has 0 bridgehead atoms. The van der Waals surface area contributed by atoms with Gasteiger partial charge >= 0.3 is 0 Å². The molecule has 1 aliphatic rings. The van der Waals surface area contributed by atoms with Crippen LogP contribution in [0.15, 0.2) is 18.2 Å². The number of hydrogen-bond donors (Lipinski definition) is 2. The molecule has 0 saturated carbocycles. The topological polar surface area (TPSA) is 60.8 Å². The summed E-state index contributed by atoms with van der Waals surface area (Å²) in [5.74, 6) is -0.0404. The van der Waals surface area contributed by atoms with Crippen molar-refractivity contribution < 1.29 is 15.0 Å². The minimum atomic E-state index is -1.05. The Morgan fingerprint density at radius 3 is 2.80 bits per heavy atom. The minimum Gasteiger partial charge on any atom is -0.393 e. The van der Waals surface area contributed by atoms with Gasteiger partial charge < -0.3 is 15.1 Å². The summed E-state index contributed by atoms with van der Waals surface area (Å²) < 4.78 is 0. The van der Waals surface area contributed by atoms with Crippen molar-refractivity contribution in [2.75, 3.05) is 19.7 Å². The van der Waals surface area contributed by atoms with Crippen LogP contribution in [0.3, 0.4) is 0 Å². The van der Waals surface area contributed by atoms with Crippen molar-refractivity contribution in [1.29, 1.82) is 0 Å². The normalized spacial score (nSPS) is 23.5. The Morgan fingerprint density at radius 1 is 1.40 bits per heavy atom. The highest BCUT2D eigenvalue weighted by Gasteiger charge is 2.31. The van der Waals surface area contributed by atoms with E-state index in [0.717, 1.165) is 5.56 Å². The lowest BCUT2D eigenvalue weighted by Crippen LogP contribution is -2.36. The van der Waals surface area contributed by atoms with Crippen LogP contribution in [0.2, 0.25) is 5.02 Å². The summed E-state index contributed by atoms with van der Waals surface area (Å²) in [6.45, 7) is 2.66. The largest absolute Gasteiger partial charge is 0.393 e. The van der Waals surface area contributed by atoms with Crippen LogP contribution < -0.4 is 0 Å². The fourth-order valence-corrected chi connectivity index (χ4v) is 2.80. The third kappa shape index (κ3) is 3.32. The number of halogens is 1. The standard InChI is InChI=1S/C15H20ClNO3/c1-11-9-12(16)3-4-13(11)14(19)17-7-2-5-15(20,10-18)6-8-17/h3-4,9,18,20H,2,5-8,10H2,1H3. The zero-order chi connectivity index (χ0) is 14.8. The van der Waals surface area contributed by atoms with Crippen LogP contribution in [0.5, 0.6) is 0 Å². The van der Waals surface area contributed by atoms with Gasteiger partial charge in [-0.1, -0.05) is 11.6 Å². The summed E-state index contributed by atoms with van der Waals surface area (Å²) >= 11 is 5.90. The minimum absolute atomic E-state index is 0.0404. The molecular formula is C15H20ClNO3. The van der Waals surface area contributed by atoms with E-state index in [4.69, 9.17) is 11.6 Å². The van der Waals surface area contributed by atoms with Crippen molar-refractivity contribution >= 4 is 17.5 Å². The van der Waals surface area contributed by atoms with Gasteiger partial charge in [-0.3, -0.25) is 4.79 Å². The van der Waals surface area contributed by atoms with E-state index < -0.39 is 5.60 Å². The average Bonchev–Trinajstić information content (AvgIpc) is 2.61. The van der Waals surface area contributed by atoms with Crippen molar-refractivity contribution in [3.8, 4) is 0 Å². The molecule has 1 amide bonds. The molecule has 2 rings (SSSR count). The number of rotatable bonds is 2. The summed E-state index contributed by atoms with van der Waals surface area (Å²) in [6, 6.07) is 5.23. The van der Waals surface area contributed by atoms with Crippen LogP contribution in [0.4, 0.5) is 0 Å². The molecule has 1 aromatic carbocycles. The Hall–Kier alpha value is -1.10. The second-order valence-corrected chi connectivity index (χ2v) is 5.92. The van der Waals surface area contributed by atoms with E-state index in [0.29, 0.717) is 42.9 Å². The summed E-state index contributed by atoms with van der Waals surface area (Å²) in [6.07, 6.45) is 1.62. The maximum atomic E-state index is 12.5. The van der Waals surface area contributed by atoms with Crippen molar-refractivity contribution in [2.24, 2.45) is 0 Å². The number of hydrogen-bond acceptors (Lipinski definition) is 3. The summed E-state index contributed by atoms with van der Waals surface area (Å²) in [7, 11) is 0. The zero-order valence-electron chi connectivity index (χ0n) is 11.6. The Labute approximate surface area is 124 Å². The quantitative estimate of drug-likeness (QED) is 0.878. The molecule has 4 nitrogen and oxygen atoms in total. The van der Waals surface area contributed by atoms with E-state index >= 15 is 0 Å². The molecule has 20 heavy (non-hydrogen) atoms. The molecule has 110 valence electrons. The molecule has 0 aromatic heterocycles. The number of carbonyl (C=O) groups is 1. The third-order valence-corrected chi connectivity index (χ3v) is 4.15. The van der Waals surface area contributed by atoms with Crippen LogP contribution in [0, 0.1) is 6.92 Å². The molecular weight excluding hydrogens is 278 g/mol. The molecule has 1 aromatic rings. The number of likely N-dealkylation sites (tertiary alicyclic amines) is 1. The van der Waals surface area contributed by atoms with Gasteiger partial charge in [-0.15, -0.1) is 0 Å². The monoisotopic (exact) mass is 297 g/mol. The predicted octanol–water partition coefficient (Wildman–Crippen LogP) is 2.00. The van der Waals surface area contributed by atoms with Crippen molar-refractivity contribution in [2.45, 2.75) is 31.8 Å². The van der Waals surface area contributed by atoms with Crippen molar-refractivity contribution in [3.63, 3.8) is 0 Å². The molecule has 2 N–H and O–H groups in total. The van der Waals surface area contributed by atoms with Gasteiger partial charge in [-0.25, -0.2) is 0 Å². The van der Waals surface area contributed by atoms with E-state index in [1.807, 2.05) is 6.92 Å². The van der Waals surface area contributed by atoms with Gasteiger partial charge in [0.05, 0.1) is 12.2 Å². The molecule has 1 heterocycles. The molecule has 1 saturated heterocycles. The lowest BCUT2D eigenvalue weighted by Gasteiger charge is -2.24. The first-order valence-electron chi connectivity index (χ1n) is 6.84. The second kappa shape index (κ2) is 6.12. The second-order valence-electron chi connectivity index (χ2n) is 5.49. The van der Waals surface area contributed by atoms with Gasteiger partial charge in [-0.2, -0.15) is 0 Å². The molecule has 1 unspecified atom stereocenters. The van der Waals surface area contributed by atoms with Gasteiger partial charge in [-0.05, 0) is 49.9 Å². The van der Waals surface area contributed by atoms with Gasteiger partial charge in [0.2, 0.25) is 0 Å². The number of amides is 1. The Kier molecular flexibility index (Phi) is 4.68. The number of aryl methyl sites for hydroxylation is 1. The van der Waals surface area contributed by atoms with Gasteiger partial charge in [0.25, 0.3) is 5.91 Å². The number of carbonyl (C=O) groups excluding carboxylic acids is 1. The molecule has 5 heteroatoms. The van der Waals surface area contributed by atoms with Crippen LogP contribution in [-0.2, 0) is 0 Å². The maximum Gasteiger partial charge on any atom is 0.254 e. The lowest BCUT2D eigenvalue weighted by molar-refractivity contribution is -0.0250. The first-order chi connectivity index (χ1) is 9.45. The highest BCUT2D eigenvalue weighted by atomic mass is 35.5. The van der Waals surface area contributed by atoms with Gasteiger partial charge in [0.1, 0.15) is 0 Å². The van der Waals surface area contributed by atoms with Crippen LogP contribution >= 0.6 is 11.6 Å². The number of benzene rings is 1. The Morgan fingerprint density at radius 2 is 2.15 bits per heavy atom. The fourth-order valence-electron chi connectivity index (χ4n) is 2.58. The SMILES string of the molecule is Cc1cc(Cl)ccc1C(=O)N1CCCC(O)(CO)CC1. The van der Waals surface area contributed by atoms with Crippen LogP contribution in [-0.4, -0.2) is 46.3 Å². The smallest absolute Gasteiger partial charge is 0.254 e. The predicted molar refractivity (Wildman–Crippen MR) is 78.0 cm³/mol. The fraction of sp³-hybridized carbons (Fsp3) is 0.533. The van der Waals surface area contributed by atoms with Gasteiger partial charge in [0, 0.05) is 23.7 Å². The molecule has 1 atom stereocenters. The number of nitrogens with zero attached hydrogens (tertiary/aromatic N) is 1. The van der Waals surface area contributed by atoms with E-state index in [1.54, 1.807) is 23.1 Å². The molecule has 0 radical (unpaired) electrons. The lowest BCUT2D eigenvalue weighted by atomic mass is 9.96. The average molecular weight is 298 g/mol. The molecule has 1 fully saturated rings. The van der Waals surface area contributed by atoms with Crippen molar-refractivity contribution in [3.05, 3.63) is 34.3 Å². The van der Waals surface area contributed by atoms with E-state index in [-0.39, 0.29) is 12.5 Å². The highest BCUT2D eigenvalue weighted by molar-refractivity contribution is 6.30. The molecule has 1 aliphatic heterocycles. The number of aliphatic hydroxyl groups is 2. The van der Waals surface area contributed by atoms with Crippen LogP contribution in [0.25, 0.3) is 0 Å². The van der Waals surface area contributed by atoms with E-state index in [1.165, 1.54) is 0 Å². The van der Waals surface area contributed by atoms with E-state index in [9.17, 15) is 15.0 Å². The Balaban J connectivity index is 2.13. The van der Waals surface area contributed by atoms with Crippen molar-refractivity contribution in [1.82, 2.24) is 4.90 Å². The summed E-state index contributed by atoms with van der Waals surface area (Å²) in [4.78, 5) is 14.3. The summed E-state index contributed by atoms with van der Waals surface area (Å²) in [5.41, 5.74) is 0.442. The first-order valence-corrected chi connectivity index (χ1v) is 7.22. The molecule has 0 aliphatic carbocycles. The third-order valence-electron chi connectivity index (χ3n) is 3.92. The van der Waals surface area contributed by atoms with Crippen LogP contribution in [0.1, 0.15) is 35.2 Å². The summed E-state index contributed by atoms with van der Waals surface area (Å²) in [5, 5.41) is 20.0. The Bertz CT molecular complexity index is 506. The van der Waals surface area contributed by atoms with Gasteiger partial charge in [0.15, 0.2) is 0 Å². The highest BCUT2D eigenvalue weighted by Crippen LogP contribution is 2.24. The maximum absolute atomic E-state index is 12.5. The van der Waals surface area contributed by atoms with E-state index in [2.05, 4.69) is 0 Å².